The Morgan fingerprint density at radius 1 is 1.18 bits per heavy atom. The van der Waals surface area contributed by atoms with Gasteiger partial charge in [-0.3, -0.25) is 9.59 Å². The lowest BCUT2D eigenvalue weighted by atomic mass is 9.98. The molecule has 7 nitrogen and oxygen atoms in total. The number of carbonyl (C=O) groups excluding carboxylic acids is 2. The molecule has 1 aliphatic rings. The second-order valence-electron chi connectivity index (χ2n) is 8.04. The number of rotatable bonds is 7. The van der Waals surface area contributed by atoms with Gasteiger partial charge in [0.25, 0.3) is 5.91 Å². The van der Waals surface area contributed by atoms with Crippen LogP contribution in [-0.2, 0) is 30.9 Å². The molecule has 3 rings (SSSR count). The fourth-order valence-electron chi connectivity index (χ4n) is 3.71. The summed E-state index contributed by atoms with van der Waals surface area (Å²) in [4.78, 5) is 26.7. The van der Waals surface area contributed by atoms with Crippen LogP contribution in [0.5, 0.6) is 0 Å². The van der Waals surface area contributed by atoms with Crippen molar-refractivity contribution in [3.63, 3.8) is 0 Å². The van der Waals surface area contributed by atoms with E-state index >= 15 is 0 Å². The van der Waals surface area contributed by atoms with Crippen LogP contribution in [0.4, 0.5) is 4.39 Å². The number of benzene rings is 2. The number of likely N-dealkylation sites (N-methyl/N-ethyl adjacent to an activating group) is 1. The van der Waals surface area contributed by atoms with Gasteiger partial charge in [-0.15, -0.1) is 0 Å². The highest BCUT2D eigenvalue weighted by atomic mass is 35.5. The maximum atomic E-state index is 13.3. The Morgan fingerprint density at radius 3 is 2.42 bits per heavy atom. The van der Waals surface area contributed by atoms with Crippen LogP contribution in [0.2, 0.25) is 5.02 Å². The predicted octanol–water partition coefficient (Wildman–Crippen LogP) is 3.47. The van der Waals surface area contributed by atoms with Crippen LogP contribution in [-0.4, -0.2) is 55.7 Å². The fourth-order valence-corrected chi connectivity index (χ4v) is 5.30. The molecule has 0 radical (unpaired) electrons. The molecule has 1 atom stereocenters. The third kappa shape index (κ3) is 6.31. The Labute approximate surface area is 198 Å². The summed E-state index contributed by atoms with van der Waals surface area (Å²) >= 11 is 5.83. The van der Waals surface area contributed by atoms with Gasteiger partial charge in [0.05, 0.1) is 10.8 Å². The van der Waals surface area contributed by atoms with Crippen LogP contribution >= 0.6 is 11.6 Å². The van der Waals surface area contributed by atoms with Crippen molar-refractivity contribution in [1.29, 1.82) is 0 Å². The quantitative estimate of drug-likeness (QED) is 0.548. The summed E-state index contributed by atoms with van der Waals surface area (Å²) in [5, 5.41) is 0.445. The van der Waals surface area contributed by atoms with Gasteiger partial charge < -0.3 is 9.64 Å². The Bertz CT molecular complexity index is 1100. The van der Waals surface area contributed by atoms with Gasteiger partial charge in [0.15, 0.2) is 6.10 Å². The number of halogens is 2. The van der Waals surface area contributed by atoms with Crippen LogP contribution < -0.4 is 0 Å². The molecule has 0 bridgehead atoms. The van der Waals surface area contributed by atoms with Gasteiger partial charge in [0.2, 0.25) is 10.0 Å². The number of esters is 1. The molecule has 2 aromatic carbocycles. The van der Waals surface area contributed by atoms with Crippen molar-refractivity contribution in [2.24, 2.45) is 5.92 Å². The molecule has 0 saturated carbocycles. The average Bonchev–Trinajstić information content (AvgIpc) is 2.78. The maximum absolute atomic E-state index is 13.3. The summed E-state index contributed by atoms with van der Waals surface area (Å²) in [6.07, 6.45) is -0.413. The first-order valence-electron chi connectivity index (χ1n) is 10.5. The van der Waals surface area contributed by atoms with Crippen LogP contribution in [0.3, 0.4) is 0 Å². The zero-order chi connectivity index (χ0) is 24.2. The van der Waals surface area contributed by atoms with Gasteiger partial charge in [-0.1, -0.05) is 23.7 Å². The van der Waals surface area contributed by atoms with Crippen LogP contribution in [0.15, 0.2) is 53.4 Å². The molecule has 1 fully saturated rings. The number of hydrogen-bond acceptors (Lipinski definition) is 5. The molecule has 33 heavy (non-hydrogen) atoms. The van der Waals surface area contributed by atoms with E-state index in [9.17, 15) is 22.4 Å². The highest BCUT2D eigenvalue weighted by Gasteiger charge is 2.34. The van der Waals surface area contributed by atoms with E-state index in [1.165, 1.54) is 52.5 Å². The Hall–Kier alpha value is -2.49. The first-order chi connectivity index (χ1) is 15.6. The number of ether oxygens (including phenoxy) is 1. The zero-order valence-corrected chi connectivity index (χ0v) is 20.0. The lowest BCUT2D eigenvalue weighted by Crippen LogP contribution is -2.42. The lowest BCUT2D eigenvalue weighted by molar-refractivity contribution is -0.163. The molecular weight excluding hydrogens is 471 g/mol. The molecule has 1 saturated heterocycles. The molecule has 1 unspecified atom stereocenters. The average molecular weight is 497 g/mol. The number of sulfonamides is 1. The predicted molar refractivity (Wildman–Crippen MR) is 121 cm³/mol. The topological polar surface area (TPSA) is 84.0 Å². The van der Waals surface area contributed by atoms with E-state index in [4.69, 9.17) is 16.3 Å². The van der Waals surface area contributed by atoms with Gasteiger partial charge in [-0.05, 0) is 61.7 Å². The smallest absolute Gasteiger partial charge is 0.309 e. The largest absolute Gasteiger partial charge is 0.452 e. The Morgan fingerprint density at radius 2 is 1.82 bits per heavy atom. The van der Waals surface area contributed by atoms with Crippen LogP contribution in [0.25, 0.3) is 0 Å². The molecule has 178 valence electrons. The SMILES string of the molecule is CC(OC(=O)C1CCN(S(=O)(=O)c2ccc(Cl)cc2)CC1)C(=O)N(C)Cc1cccc(F)c1. The standard InChI is InChI=1S/C23H26ClFN2O5S/c1-16(22(28)26(2)15-17-4-3-5-20(25)14-17)32-23(29)18-10-12-27(13-11-18)33(30,31)21-8-6-19(24)7-9-21/h3-9,14,16,18H,10-13,15H2,1-2H3. The van der Waals surface area contributed by atoms with Crippen molar-refractivity contribution in [2.75, 3.05) is 20.1 Å². The first kappa shape index (κ1) is 25.1. The monoisotopic (exact) mass is 496 g/mol. The molecule has 0 N–H and O–H groups in total. The Balaban J connectivity index is 1.52. The molecule has 0 aromatic heterocycles. The van der Waals surface area contributed by atoms with E-state index in [2.05, 4.69) is 0 Å². The third-order valence-corrected chi connectivity index (χ3v) is 7.73. The van der Waals surface area contributed by atoms with E-state index in [-0.39, 0.29) is 24.5 Å². The molecule has 0 spiro atoms. The van der Waals surface area contributed by atoms with E-state index in [0.29, 0.717) is 23.4 Å². The van der Waals surface area contributed by atoms with Crippen molar-refractivity contribution < 1.29 is 27.1 Å². The maximum Gasteiger partial charge on any atom is 0.309 e. The second-order valence-corrected chi connectivity index (χ2v) is 10.4. The number of hydrogen-bond donors (Lipinski definition) is 0. The summed E-state index contributed by atoms with van der Waals surface area (Å²) in [5.41, 5.74) is 0.624. The fraction of sp³-hybridized carbons (Fsp3) is 0.391. The second kappa shape index (κ2) is 10.6. The van der Waals surface area contributed by atoms with Crippen molar-refractivity contribution in [3.05, 3.63) is 64.9 Å². The van der Waals surface area contributed by atoms with Gasteiger partial charge in [-0.2, -0.15) is 4.31 Å². The Kier molecular flexibility index (Phi) is 8.10. The molecule has 1 amide bonds. The van der Waals surface area contributed by atoms with E-state index in [0.717, 1.165) is 0 Å². The van der Waals surface area contributed by atoms with E-state index in [1.54, 1.807) is 19.2 Å². The summed E-state index contributed by atoms with van der Waals surface area (Å²) in [7, 11) is -2.12. The normalized spacial score (nSPS) is 16.2. The lowest BCUT2D eigenvalue weighted by Gasteiger charge is -2.31. The van der Waals surface area contributed by atoms with Gasteiger partial charge in [0.1, 0.15) is 5.82 Å². The van der Waals surface area contributed by atoms with Crippen molar-refractivity contribution in [2.45, 2.75) is 37.3 Å². The molecule has 1 heterocycles. The minimum Gasteiger partial charge on any atom is -0.452 e. The molecular formula is C23H26ClFN2O5S. The number of nitrogens with zero attached hydrogens (tertiary/aromatic N) is 2. The van der Waals surface area contributed by atoms with Gasteiger partial charge >= 0.3 is 5.97 Å². The molecule has 1 aliphatic heterocycles. The van der Waals surface area contributed by atoms with E-state index in [1.807, 2.05) is 0 Å². The van der Waals surface area contributed by atoms with Crippen molar-refractivity contribution >= 4 is 33.5 Å². The zero-order valence-electron chi connectivity index (χ0n) is 18.4. The highest BCUT2D eigenvalue weighted by Crippen LogP contribution is 2.26. The van der Waals surface area contributed by atoms with Gasteiger partial charge in [-0.25, -0.2) is 12.8 Å². The van der Waals surface area contributed by atoms with Crippen LogP contribution in [0.1, 0.15) is 25.3 Å². The molecule has 10 heteroatoms. The minimum absolute atomic E-state index is 0.147. The molecule has 0 aliphatic carbocycles. The van der Waals surface area contributed by atoms with Gasteiger partial charge in [0, 0.05) is 31.7 Å². The van der Waals surface area contributed by atoms with E-state index < -0.39 is 39.7 Å². The number of carbonyl (C=O) groups is 2. The summed E-state index contributed by atoms with van der Waals surface area (Å²) < 4.78 is 45.6. The van der Waals surface area contributed by atoms with Crippen molar-refractivity contribution in [1.82, 2.24) is 9.21 Å². The van der Waals surface area contributed by atoms with Crippen LogP contribution in [0, 0.1) is 11.7 Å². The summed E-state index contributed by atoms with van der Waals surface area (Å²) in [5.74, 6) is -1.82. The summed E-state index contributed by atoms with van der Waals surface area (Å²) in [6, 6.07) is 11.9. The first-order valence-corrected chi connectivity index (χ1v) is 12.4. The third-order valence-electron chi connectivity index (χ3n) is 5.56. The number of piperidine rings is 1. The highest BCUT2D eigenvalue weighted by molar-refractivity contribution is 7.89. The number of amides is 1. The van der Waals surface area contributed by atoms with Crippen molar-refractivity contribution in [3.8, 4) is 0 Å². The molecule has 2 aromatic rings. The summed E-state index contributed by atoms with van der Waals surface area (Å²) in [6.45, 7) is 2.01. The minimum atomic E-state index is -3.67.